The van der Waals surface area contributed by atoms with Gasteiger partial charge in [0.05, 0.1) is 8.66 Å². The largest absolute Gasteiger partial charge is 0.288 e. The molecule has 0 spiro atoms. The van der Waals surface area contributed by atoms with Crippen LogP contribution in [0, 0.1) is 6.92 Å². The first kappa shape index (κ1) is 11.8. The molecule has 0 saturated carbocycles. The average molecular weight is 316 g/mol. The van der Waals surface area contributed by atoms with E-state index in [2.05, 4.69) is 15.9 Å². The fourth-order valence-corrected chi connectivity index (χ4v) is 3.08. The molecule has 0 aliphatic rings. The molecule has 0 bridgehead atoms. The molecule has 1 heterocycles. The van der Waals surface area contributed by atoms with Gasteiger partial charge in [-0.3, -0.25) is 4.79 Å². The molecule has 1 aromatic heterocycles. The molecule has 0 aliphatic heterocycles. The number of halogens is 2. The summed E-state index contributed by atoms with van der Waals surface area (Å²) in [6, 6.07) is 9.07. The van der Waals surface area contributed by atoms with Crippen molar-refractivity contribution in [2.24, 2.45) is 0 Å². The first-order valence-electron chi connectivity index (χ1n) is 4.63. The van der Waals surface area contributed by atoms with Crippen molar-refractivity contribution < 1.29 is 4.79 Å². The van der Waals surface area contributed by atoms with Crippen molar-refractivity contribution in [3.05, 3.63) is 55.1 Å². The van der Waals surface area contributed by atoms with Crippen LogP contribution in [-0.2, 0) is 0 Å². The summed E-state index contributed by atoms with van der Waals surface area (Å²) in [4.78, 5) is 12.8. The van der Waals surface area contributed by atoms with Gasteiger partial charge >= 0.3 is 0 Å². The maximum atomic E-state index is 12.1. The minimum Gasteiger partial charge on any atom is -0.288 e. The average Bonchev–Trinajstić information content (AvgIpc) is 2.62. The van der Waals surface area contributed by atoms with E-state index in [4.69, 9.17) is 11.6 Å². The van der Waals surface area contributed by atoms with Crippen LogP contribution in [0.2, 0.25) is 5.02 Å². The van der Waals surface area contributed by atoms with E-state index in [-0.39, 0.29) is 5.78 Å². The Kier molecular flexibility index (Phi) is 3.47. The minimum atomic E-state index is 0.0151. The van der Waals surface area contributed by atoms with Gasteiger partial charge in [0.1, 0.15) is 0 Å². The van der Waals surface area contributed by atoms with Gasteiger partial charge in [0.25, 0.3) is 0 Å². The van der Waals surface area contributed by atoms with Gasteiger partial charge in [-0.05, 0) is 58.7 Å². The SMILES string of the molecule is Cc1cc(Cl)cc(C(=O)c2ccc(Br)s2)c1. The maximum absolute atomic E-state index is 12.1. The highest BCUT2D eigenvalue weighted by Gasteiger charge is 2.12. The van der Waals surface area contributed by atoms with E-state index in [9.17, 15) is 4.79 Å². The molecule has 0 saturated heterocycles. The van der Waals surface area contributed by atoms with Gasteiger partial charge in [-0.25, -0.2) is 0 Å². The Labute approximate surface area is 111 Å². The maximum Gasteiger partial charge on any atom is 0.203 e. The first-order valence-corrected chi connectivity index (χ1v) is 6.62. The van der Waals surface area contributed by atoms with E-state index < -0.39 is 0 Å². The minimum absolute atomic E-state index is 0.0151. The molecule has 0 radical (unpaired) electrons. The third-order valence-corrected chi connectivity index (χ3v) is 3.94. The van der Waals surface area contributed by atoms with Gasteiger partial charge < -0.3 is 0 Å². The third kappa shape index (κ3) is 2.54. The molecular formula is C12H8BrClOS. The van der Waals surface area contributed by atoms with Crippen molar-refractivity contribution in [3.8, 4) is 0 Å². The van der Waals surface area contributed by atoms with E-state index in [1.165, 1.54) is 11.3 Å². The Morgan fingerprint density at radius 1 is 1.31 bits per heavy atom. The summed E-state index contributed by atoms with van der Waals surface area (Å²) in [7, 11) is 0. The van der Waals surface area contributed by atoms with Crippen LogP contribution in [0.25, 0.3) is 0 Å². The zero-order valence-electron chi connectivity index (χ0n) is 8.46. The number of carbonyl (C=O) groups excluding carboxylic acids is 1. The quantitative estimate of drug-likeness (QED) is 0.734. The zero-order valence-corrected chi connectivity index (χ0v) is 11.6. The van der Waals surface area contributed by atoms with Crippen LogP contribution in [0.4, 0.5) is 0 Å². The van der Waals surface area contributed by atoms with Crippen LogP contribution >= 0.6 is 38.9 Å². The Morgan fingerprint density at radius 2 is 2.06 bits per heavy atom. The highest BCUT2D eigenvalue weighted by Crippen LogP contribution is 2.25. The molecule has 2 rings (SSSR count). The van der Waals surface area contributed by atoms with E-state index in [1.807, 2.05) is 31.2 Å². The molecule has 0 unspecified atom stereocenters. The summed E-state index contributed by atoms with van der Waals surface area (Å²) >= 11 is 10.7. The molecule has 1 nitrogen and oxygen atoms in total. The van der Waals surface area contributed by atoms with Crippen molar-refractivity contribution >= 4 is 44.7 Å². The molecule has 4 heteroatoms. The predicted molar refractivity (Wildman–Crippen MR) is 71.6 cm³/mol. The lowest BCUT2D eigenvalue weighted by molar-refractivity contribution is 0.104. The molecule has 0 amide bonds. The smallest absolute Gasteiger partial charge is 0.203 e. The summed E-state index contributed by atoms with van der Waals surface area (Å²) in [5, 5.41) is 0.596. The molecule has 0 aliphatic carbocycles. The zero-order chi connectivity index (χ0) is 11.7. The second kappa shape index (κ2) is 4.70. The normalized spacial score (nSPS) is 10.4. The van der Waals surface area contributed by atoms with Gasteiger partial charge in [0.15, 0.2) is 0 Å². The number of thiophene rings is 1. The highest BCUT2D eigenvalue weighted by atomic mass is 79.9. The Morgan fingerprint density at radius 3 is 2.62 bits per heavy atom. The molecule has 0 atom stereocenters. The Bertz CT molecular complexity index is 527. The van der Waals surface area contributed by atoms with Gasteiger partial charge in [-0.2, -0.15) is 0 Å². The summed E-state index contributed by atoms with van der Waals surface area (Å²) in [5.74, 6) is 0.0151. The summed E-state index contributed by atoms with van der Waals surface area (Å²) in [6.07, 6.45) is 0. The van der Waals surface area contributed by atoms with Crippen molar-refractivity contribution in [2.75, 3.05) is 0 Å². The van der Waals surface area contributed by atoms with Crippen molar-refractivity contribution in [3.63, 3.8) is 0 Å². The number of benzene rings is 1. The number of hydrogen-bond donors (Lipinski definition) is 0. The monoisotopic (exact) mass is 314 g/mol. The molecule has 82 valence electrons. The van der Waals surface area contributed by atoms with E-state index in [0.29, 0.717) is 15.5 Å². The third-order valence-electron chi connectivity index (χ3n) is 2.10. The van der Waals surface area contributed by atoms with Crippen LogP contribution in [-0.4, -0.2) is 5.78 Å². The van der Waals surface area contributed by atoms with Crippen LogP contribution in [0.3, 0.4) is 0 Å². The van der Waals surface area contributed by atoms with Crippen molar-refractivity contribution in [2.45, 2.75) is 6.92 Å². The molecular weight excluding hydrogens is 308 g/mol. The number of rotatable bonds is 2. The number of ketones is 1. The summed E-state index contributed by atoms with van der Waals surface area (Å²) < 4.78 is 0.953. The molecule has 16 heavy (non-hydrogen) atoms. The van der Waals surface area contributed by atoms with E-state index in [1.54, 1.807) is 6.07 Å². The standard InChI is InChI=1S/C12H8BrClOS/c1-7-4-8(6-9(14)5-7)12(15)10-2-3-11(13)16-10/h2-6H,1H3. The van der Waals surface area contributed by atoms with Crippen LogP contribution in [0.15, 0.2) is 34.1 Å². The first-order chi connectivity index (χ1) is 7.56. The van der Waals surface area contributed by atoms with Gasteiger partial charge in [-0.1, -0.05) is 11.6 Å². The van der Waals surface area contributed by atoms with Gasteiger partial charge in [0.2, 0.25) is 5.78 Å². The topological polar surface area (TPSA) is 17.1 Å². The highest BCUT2D eigenvalue weighted by molar-refractivity contribution is 9.11. The fraction of sp³-hybridized carbons (Fsp3) is 0.0833. The van der Waals surface area contributed by atoms with Gasteiger partial charge in [-0.15, -0.1) is 11.3 Å². The van der Waals surface area contributed by atoms with E-state index >= 15 is 0 Å². The van der Waals surface area contributed by atoms with Crippen molar-refractivity contribution in [1.82, 2.24) is 0 Å². The second-order valence-corrected chi connectivity index (χ2v) is 6.35. The Hall–Kier alpha value is -0.640. The lowest BCUT2D eigenvalue weighted by atomic mass is 10.1. The second-order valence-electron chi connectivity index (χ2n) is 3.45. The van der Waals surface area contributed by atoms with Crippen molar-refractivity contribution in [1.29, 1.82) is 0 Å². The van der Waals surface area contributed by atoms with Crippen LogP contribution < -0.4 is 0 Å². The molecule has 1 aromatic carbocycles. The molecule has 2 aromatic rings. The van der Waals surface area contributed by atoms with Gasteiger partial charge in [0, 0.05) is 10.6 Å². The van der Waals surface area contributed by atoms with Crippen LogP contribution in [0.5, 0.6) is 0 Å². The number of aryl methyl sites for hydroxylation is 1. The van der Waals surface area contributed by atoms with Crippen LogP contribution in [0.1, 0.15) is 20.8 Å². The predicted octanol–water partition coefficient (Wildman–Crippen LogP) is 4.70. The molecule has 0 fully saturated rings. The fourth-order valence-electron chi connectivity index (χ4n) is 1.45. The lowest BCUT2D eigenvalue weighted by Gasteiger charge is -2.01. The summed E-state index contributed by atoms with van der Waals surface area (Å²) in [6.45, 7) is 1.92. The molecule has 0 N–H and O–H groups in total. The summed E-state index contributed by atoms with van der Waals surface area (Å²) in [5.41, 5.74) is 1.63. The van der Waals surface area contributed by atoms with E-state index in [0.717, 1.165) is 9.35 Å². The Balaban J connectivity index is 2.41. The number of hydrogen-bond acceptors (Lipinski definition) is 2. The number of carbonyl (C=O) groups is 1. The lowest BCUT2D eigenvalue weighted by Crippen LogP contribution is -1.98.